The molecule has 2 heterocycles. The van der Waals surface area contributed by atoms with Crippen LogP contribution in [0.15, 0.2) is 24.4 Å². The summed E-state index contributed by atoms with van der Waals surface area (Å²) in [7, 11) is 0. The van der Waals surface area contributed by atoms with Crippen molar-refractivity contribution in [3.8, 4) is 5.82 Å². The highest BCUT2D eigenvalue weighted by Gasteiger charge is 2.17. The third kappa shape index (κ3) is 5.91. The van der Waals surface area contributed by atoms with E-state index in [-0.39, 0.29) is 5.56 Å². The molecule has 0 spiro atoms. The van der Waals surface area contributed by atoms with Crippen molar-refractivity contribution in [1.29, 1.82) is 0 Å². The molecule has 2 aromatic rings. The molecule has 0 atom stereocenters. The standard InChI is InChI=1S/C18H23N5O4/c1-11-8-12(2)23(22-11)14-7-6-13(9-19-14)16(25)27-10-15(24)20-17(26)21-18(3,4)5/h6-9H,10H2,1-5H3,(H2,20,21,24,26). The van der Waals surface area contributed by atoms with E-state index in [2.05, 4.69) is 20.7 Å². The van der Waals surface area contributed by atoms with Crippen LogP contribution >= 0.6 is 0 Å². The molecule has 0 unspecified atom stereocenters. The monoisotopic (exact) mass is 373 g/mol. The molecule has 0 fully saturated rings. The highest BCUT2D eigenvalue weighted by Crippen LogP contribution is 2.10. The van der Waals surface area contributed by atoms with E-state index in [1.165, 1.54) is 12.3 Å². The second-order valence-electron chi connectivity index (χ2n) is 7.07. The summed E-state index contributed by atoms with van der Waals surface area (Å²) in [6, 6.07) is 4.43. The number of carbonyl (C=O) groups excluding carboxylic acids is 3. The quantitative estimate of drug-likeness (QED) is 0.788. The minimum atomic E-state index is -0.725. The minimum absolute atomic E-state index is 0.187. The Morgan fingerprint density at radius 2 is 1.89 bits per heavy atom. The smallest absolute Gasteiger partial charge is 0.340 e. The Labute approximate surface area is 157 Å². The van der Waals surface area contributed by atoms with Gasteiger partial charge in [-0.3, -0.25) is 10.1 Å². The molecule has 0 saturated heterocycles. The zero-order valence-electron chi connectivity index (χ0n) is 16.0. The number of urea groups is 1. The fourth-order valence-corrected chi connectivity index (χ4v) is 2.24. The summed E-state index contributed by atoms with van der Waals surface area (Å²) in [4.78, 5) is 39.5. The number of aromatic nitrogens is 3. The summed E-state index contributed by atoms with van der Waals surface area (Å²) >= 11 is 0. The number of hydrogen-bond donors (Lipinski definition) is 2. The fraction of sp³-hybridized carbons (Fsp3) is 0.389. The van der Waals surface area contributed by atoms with Crippen LogP contribution in [0.5, 0.6) is 0 Å². The zero-order chi connectivity index (χ0) is 20.2. The highest BCUT2D eigenvalue weighted by atomic mass is 16.5. The maximum Gasteiger partial charge on any atom is 0.340 e. The molecule has 3 amide bonds. The fourth-order valence-electron chi connectivity index (χ4n) is 2.24. The van der Waals surface area contributed by atoms with E-state index >= 15 is 0 Å². The molecule has 2 rings (SSSR count). The molecule has 2 N–H and O–H groups in total. The van der Waals surface area contributed by atoms with E-state index in [0.29, 0.717) is 5.82 Å². The Bertz CT molecular complexity index is 850. The van der Waals surface area contributed by atoms with Crippen molar-refractivity contribution in [1.82, 2.24) is 25.4 Å². The van der Waals surface area contributed by atoms with Crippen LogP contribution in [-0.4, -0.2) is 44.8 Å². The molecule has 0 aliphatic carbocycles. The van der Waals surface area contributed by atoms with Crippen LogP contribution in [0, 0.1) is 13.8 Å². The van der Waals surface area contributed by atoms with Gasteiger partial charge < -0.3 is 10.1 Å². The average molecular weight is 373 g/mol. The van der Waals surface area contributed by atoms with Gasteiger partial charge in [-0.25, -0.2) is 19.3 Å². The maximum atomic E-state index is 12.0. The molecule has 27 heavy (non-hydrogen) atoms. The molecular formula is C18H23N5O4. The normalized spacial score (nSPS) is 11.0. The molecule has 0 bridgehead atoms. The summed E-state index contributed by atoms with van der Waals surface area (Å²) in [5.74, 6) is -0.875. The summed E-state index contributed by atoms with van der Waals surface area (Å²) in [5.41, 5.74) is 1.48. The lowest BCUT2D eigenvalue weighted by molar-refractivity contribution is -0.123. The van der Waals surface area contributed by atoms with Gasteiger partial charge in [-0.15, -0.1) is 0 Å². The van der Waals surface area contributed by atoms with Crippen molar-refractivity contribution >= 4 is 17.9 Å². The Balaban J connectivity index is 1.90. The lowest BCUT2D eigenvalue weighted by Crippen LogP contribution is -2.49. The molecule has 144 valence electrons. The molecule has 0 radical (unpaired) electrons. The third-order valence-electron chi connectivity index (χ3n) is 3.29. The number of aryl methyl sites for hydroxylation is 2. The first kappa shape index (κ1) is 20.1. The molecule has 0 aliphatic rings. The summed E-state index contributed by atoms with van der Waals surface area (Å²) in [6.07, 6.45) is 1.35. The molecule has 2 aromatic heterocycles. The van der Waals surface area contributed by atoms with Crippen LogP contribution in [0.3, 0.4) is 0 Å². The summed E-state index contributed by atoms with van der Waals surface area (Å²) in [6.45, 7) is 8.54. The largest absolute Gasteiger partial charge is 0.452 e. The van der Waals surface area contributed by atoms with Gasteiger partial charge in [-0.05, 0) is 52.8 Å². The van der Waals surface area contributed by atoms with E-state index in [9.17, 15) is 14.4 Å². The molecule has 0 aromatic carbocycles. The van der Waals surface area contributed by atoms with Gasteiger partial charge in [0.25, 0.3) is 5.91 Å². The molecule has 9 nitrogen and oxygen atoms in total. The number of hydrogen-bond acceptors (Lipinski definition) is 6. The lowest BCUT2D eigenvalue weighted by Gasteiger charge is -2.20. The number of nitrogens with one attached hydrogen (secondary N) is 2. The second kappa shape index (κ2) is 7.98. The number of nitrogens with zero attached hydrogens (tertiary/aromatic N) is 3. The number of esters is 1. The predicted octanol–water partition coefficient (Wildman–Crippen LogP) is 1.67. The Morgan fingerprint density at radius 1 is 1.19 bits per heavy atom. The van der Waals surface area contributed by atoms with Crippen molar-refractivity contribution in [2.45, 2.75) is 40.2 Å². The lowest BCUT2D eigenvalue weighted by atomic mass is 10.1. The SMILES string of the molecule is Cc1cc(C)n(-c2ccc(C(=O)OCC(=O)NC(=O)NC(C)(C)C)cn2)n1. The average Bonchev–Trinajstić information content (AvgIpc) is 2.89. The van der Waals surface area contributed by atoms with Crippen LogP contribution in [-0.2, 0) is 9.53 Å². The van der Waals surface area contributed by atoms with Gasteiger partial charge >= 0.3 is 12.0 Å². The number of ether oxygens (including phenoxy) is 1. The van der Waals surface area contributed by atoms with Gasteiger partial charge in [0.1, 0.15) is 0 Å². The van der Waals surface area contributed by atoms with Gasteiger partial charge in [-0.1, -0.05) is 0 Å². The Hall–Kier alpha value is -3.23. The van der Waals surface area contributed by atoms with Crippen LogP contribution in [0.2, 0.25) is 0 Å². The van der Waals surface area contributed by atoms with Gasteiger partial charge in [-0.2, -0.15) is 5.10 Å². The van der Waals surface area contributed by atoms with Crippen molar-refractivity contribution in [3.63, 3.8) is 0 Å². The first-order chi connectivity index (χ1) is 12.5. The number of rotatable bonds is 4. The van der Waals surface area contributed by atoms with E-state index in [1.54, 1.807) is 31.5 Å². The van der Waals surface area contributed by atoms with E-state index in [0.717, 1.165) is 11.4 Å². The van der Waals surface area contributed by atoms with Crippen molar-refractivity contribution in [2.75, 3.05) is 6.61 Å². The van der Waals surface area contributed by atoms with Gasteiger partial charge in [0.05, 0.1) is 11.3 Å². The Morgan fingerprint density at radius 3 is 2.41 bits per heavy atom. The number of pyridine rings is 1. The van der Waals surface area contributed by atoms with Gasteiger partial charge in [0.2, 0.25) is 0 Å². The molecule has 0 saturated carbocycles. The third-order valence-corrected chi connectivity index (χ3v) is 3.29. The van der Waals surface area contributed by atoms with Crippen molar-refractivity contribution in [3.05, 3.63) is 41.3 Å². The van der Waals surface area contributed by atoms with Crippen LogP contribution < -0.4 is 10.6 Å². The van der Waals surface area contributed by atoms with Gasteiger partial charge in [0, 0.05) is 17.4 Å². The highest BCUT2D eigenvalue weighted by molar-refractivity contribution is 5.97. The van der Waals surface area contributed by atoms with Crippen LogP contribution in [0.4, 0.5) is 4.79 Å². The van der Waals surface area contributed by atoms with Crippen LogP contribution in [0.1, 0.15) is 42.5 Å². The molecule has 0 aliphatic heterocycles. The number of amides is 3. The minimum Gasteiger partial charge on any atom is -0.452 e. The van der Waals surface area contributed by atoms with E-state index in [1.807, 2.05) is 19.9 Å². The number of carbonyl (C=O) groups is 3. The van der Waals surface area contributed by atoms with E-state index < -0.39 is 30.1 Å². The zero-order valence-corrected chi connectivity index (χ0v) is 16.0. The Kier molecular flexibility index (Phi) is 5.94. The van der Waals surface area contributed by atoms with Crippen molar-refractivity contribution in [2.24, 2.45) is 0 Å². The van der Waals surface area contributed by atoms with Crippen LogP contribution in [0.25, 0.3) is 5.82 Å². The van der Waals surface area contributed by atoms with E-state index in [4.69, 9.17) is 4.74 Å². The number of imide groups is 1. The topological polar surface area (TPSA) is 115 Å². The summed E-state index contributed by atoms with van der Waals surface area (Å²) < 4.78 is 6.56. The van der Waals surface area contributed by atoms with Crippen molar-refractivity contribution < 1.29 is 19.1 Å². The molecule has 9 heteroatoms. The molecular weight excluding hydrogens is 350 g/mol. The van der Waals surface area contributed by atoms with Gasteiger partial charge in [0.15, 0.2) is 12.4 Å². The maximum absolute atomic E-state index is 12.0. The first-order valence-corrected chi connectivity index (χ1v) is 8.34. The predicted molar refractivity (Wildman–Crippen MR) is 97.5 cm³/mol. The second-order valence-corrected chi connectivity index (χ2v) is 7.07. The summed E-state index contributed by atoms with van der Waals surface area (Å²) in [5, 5.41) is 8.97. The first-order valence-electron chi connectivity index (χ1n) is 8.34.